The lowest BCUT2D eigenvalue weighted by atomic mass is 10.1. The molecule has 0 aromatic heterocycles. The molecule has 0 radical (unpaired) electrons. The molecule has 0 unspecified atom stereocenters. The Morgan fingerprint density at radius 3 is 2.42 bits per heavy atom. The summed E-state index contributed by atoms with van der Waals surface area (Å²) in [4.78, 5) is 23.6. The maximum Gasteiger partial charge on any atom is 0.262 e. The van der Waals surface area contributed by atoms with Crippen molar-refractivity contribution in [2.24, 2.45) is 0 Å². The van der Waals surface area contributed by atoms with E-state index < -0.39 is 16.0 Å². The lowest BCUT2D eigenvalue weighted by molar-refractivity contribution is -0.255. The summed E-state index contributed by atoms with van der Waals surface area (Å²) in [5.74, 6) is -1.34. The van der Waals surface area contributed by atoms with Crippen LogP contribution in [-0.4, -0.2) is 19.5 Å². The molecule has 0 amide bonds. The molecule has 0 spiro atoms. The van der Waals surface area contributed by atoms with Gasteiger partial charge in [-0.05, 0) is 47.7 Å². The first kappa shape index (κ1) is 16.6. The van der Waals surface area contributed by atoms with Gasteiger partial charge in [0.2, 0.25) is 5.12 Å². The van der Waals surface area contributed by atoms with Gasteiger partial charge >= 0.3 is 0 Å². The van der Waals surface area contributed by atoms with E-state index in [9.17, 15) is 23.1 Å². The Kier molecular flexibility index (Phi) is 3.74. The van der Waals surface area contributed by atoms with Crippen LogP contribution in [0.4, 0.5) is 5.69 Å². The van der Waals surface area contributed by atoms with Crippen molar-refractivity contribution in [2.45, 2.75) is 9.79 Å². The van der Waals surface area contributed by atoms with Crippen LogP contribution in [-0.2, 0) is 10.0 Å². The Hall–Kier alpha value is -2.84. The largest absolute Gasteiger partial charge is 0.545 e. The third-order valence-corrected chi connectivity index (χ3v) is 6.45. The van der Waals surface area contributed by atoms with Crippen molar-refractivity contribution in [2.75, 3.05) is 4.72 Å². The minimum absolute atomic E-state index is 0.0474. The number of hydrogen-bond donors (Lipinski definition) is 1. The van der Waals surface area contributed by atoms with Crippen LogP contribution in [0.1, 0.15) is 20.7 Å². The molecule has 0 saturated carbocycles. The van der Waals surface area contributed by atoms with Gasteiger partial charge < -0.3 is 9.90 Å². The van der Waals surface area contributed by atoms with Gasteiger partial charge in [0.15, 0.2) is 0 Å². The summed E-state index contributed by atoms with van der Waals surface area (Å²) in [5, 5.41) is 11.8. The van der Waals surface area contributed by atoms with Crippen LogP contribution in [0.3, 0.4) is 0 Å². The standard InChI is InChI=1S/C18H11NO5S2/c20-17(21)10-4-6-11(7-5-10)19-26(23,24)15-9-8-14-16-12(15)2-1-3-13(16)18(22)25-14/h1-9,19H,(H,20,21)/p-1. The molecule has 0 fully saturated rings. The zero-order valence-electron chi connectivity index (χ0n) is 13.1. The Balaban J connectivity index is 1.79. The molecule has 0 saturated heterocycles. The van der Waals surface area contributed by atoms with Gasteiger partial charge in [0, 0.05) is 26.9 Å². The predicted molar refractivity (Wildman–Crippen MR) is 95.7 cm³/mol. The number of hydrogen-bond acceptors (Lipinski definition) is 6. The van der Waals surface area contributed by atoms with Crippen LogP contribution in [0.15, 0.2) is 64.4 Å². The van der Waals surface area contributed by atoms with Crippen LogP contribution in [0, 0.1) is 0 Å². The van der Waals surface area contributed by atoms with Crippen LogP contribution in [0.25, 0.3) is 10.8 Å². The van der Waals surface area contributed by atoms with E-state index in [-0.39, 0.29) is 21.3 Å². The zero-order chi connectivity index (χ0) is 18.5. The highest BCUT2D eigenvalue weighted by Gasteiger charge is 2.27. The first-order valence-corrected chi connectivity index (χ1v) is 9.79. The molecule has 8 heteroatoms. The van der Waals surface area contributed by atoms with E-state index in [4.69, 9.17) is 0 Å². The second-order valence-electron chi connectivity index (χ2n) is 5.65. The van der Waals surface area contributed by atoms with Gasteiger partial charge in [-0.15, -0.1) is 0 Å². The molecular formula is C18H10NO5S2-. The Bertz CT molecular complexity index is 1180. The number of carbonyl (C=O) groups excluding carboxylic acids is 2. The summed E-state index contributed by atoms with van der Waals surface area (Å²) in [7, 11) is -3.93. The third kappa shape index (κ3) is 2.63. The first-order chi connectivity index (χ1) is 12.4. The number of benzene rings is 3. The fraction of sp³-hybridized carbons (Fsp3) is 0. The molecular weight excluding hydrogens is 374 g/mol. The number of thioether (sulfide) groups is 1. The monoisotopic (exact) mass is 384 g/mol. The average molecular weight is 384 g/mol. The molecule has 0 aliphatic carbocycles. The molecule has 0 atom stereocenters. The summed E-state index contributed by atoms with van der Waals surface area (Å²) >= 11 is 1.08. The molecule has 6 nitrogen and oxygen atoms in total. The number of sulfonamides is 1. The van der Waals surface area contributed by atoms with E-state index in [1.807, 2.05) is 0 Å². The molecule has 26 heavy (non-hydrogen) atoms. The van der Waals surface area contributed by atoms with Crippen LogP contribution in [0.5, 0.6) is 0 Å². The summed E-state index contributed by atoms with van der Waals surface area (Å²) in [5.41, 5.74) is 0.676. The first-order valence-electron chi connectivity index (χ1n) is 7.49. The lowest BCUT2D eigenvalue weighted by Gasteiger charge is -2.12. The summed E-state index contributed by atoms with van der Waals surface area (Å²) in [6, 6.07) is 13.3. The fourth-order valence-electron chi connectivity index (χ4n) is 2.88. The number of nitrogens with one attached hydrogen (secondary N) is 1. The Morgan fingerprint density at radius 1 is 1.00 bits per heavy atom. The fourth-order valence-corrected chi connectivity index (χ4v) is 5.08. The van der Waals surface area contributed by atoms with Crippen LogP contribution >= 0.6 is 11.8 Å². The number of carbonyl (C=O) groups is 2. The topological polar surface area (TPSA) is 103 Å². The molecule has 1 aliphatic rings. The van der Waals surface area contributed by atoms with Gasteiger partial charge in [0.25, 0.3) is 10.0 Å². The van der Waals surface area contributed by atoms with E-state index in [1.165, 1.54) is 30.3 Å². The molecule has 130 valence electrons. The van der Waals surface area contributed by atoms with Crippen LogP contribution in [0.2, 0.25) is 0 Å². The van der Waals surface area contributed by atoms with Gasteiger partial charge in [-0.2, -0.15) is 0 Å². The van der Waals surface area contributed by atoms with Crippen molar-refractivity contribution in [3.05, 3.63) is 65.7 Å². The van der Waals surface area contributed by atoms with Crippen molar-refractivity contribution in [1.82, 2.24) is 0 Å². The third-order valence-electron chi connectivity index (χ3n) is 4.05. The molecule has 3 aromatic carbocycles. The predicted octanol–water partition coefficient (Wildman–Crippen LogP) is 2.25. The van der Waals surface area contributed by atoms with Gasteiger partial charge in [-0.1, -0.05) is 24.3 Å². The summed E-state index contributed by atoms with van der Waals surface area (Å²) in [6.07, 6.45) is 0. The van der Waals surface area contributed by atoms with Gasteiger partial charge in [-0.25, -0.2) is 8.42 Å². The van der Waals surface area contributed by atoms with Crippen molar-refractivity contribution < 1.29 is 23.1 Å². The molecule has 0 bridgehead atoms. The number of carboxylic acid groups (broad SMARTS) is 1. The van der Waals surface area contributed by atoms with E-state index in [1.54, 1.807) is 24.3 Å². The number of aromatic carboxylic acids is 1. The minimum Gasteiger partial charge on any atom is -0.545 e. The number of rotatable bonds is 4. The van der Waals surface area contributed by atoms with E-state index in [0.717, 1.165) is 16.7 Å². The highest BCUT2D eigenvalue weighted by Crippen LogP contribution is 2.42. The summed E-state index contributed by atoms with van der Waals surface area (Å²) in [6.45, 7) is 0. The Labute approximate surface area is 152 Å². The van der Waals surface area contributed by atoms with Gasteiger partial charge in [0.05, 0.1) is 10.9 Å². The average Bonchev–Trinajstić information content (AvgIpc) is 2.93. The van der Waals surface area contributed by atoms with Crippen molar-refractivity contribution in [3.8, 4) is 0 Å². The highest BCUT2D eigenvalue weighted by atomic mass is 32.2. The molecule has 4 rings (SSSR count). The van der Waals surface area contributed by atoms with Crippen molar-refractivity contribution >= 4 is 49.3 Å². The van der Waals surface area contributed by atoms with E-state index in [0.29, 0.717) is 16.3 Å². The molecule has 1 N–H and O–H groups in total. The molecule has 3 aromatic rings. The second-order valence-corrected chi connectivity index (χ2v) is 8.32. The lowest BCUT2D eigenvalue weighted by Crippen LogP contribution is -2.22. The Morgan fingerprint density at radius 2 is 1.73 bits per heavy atom. The minimum atomic E-state index is -3.93. The quantitative estimate of drug-likeness (QED) is 0.740. The maximum absolute atomic E-state index is 12.8. The smallest absolute Gasteiger partial charge is 0.262 e. The van der Waals surface area contributed by atoms with Gasteiger partial charge in [-0.3, -0.25) is 9.52 Å². The highest BCUT2D eigenvalue weighted by molar-refractivity contribution is 8.14. The zero-order valence-corrected chi connectivity index (χ0v) is 14.7. The molecule has 1 heterocycles. The second kappa shape index (κ2) is 5.86. The van der Waals surface area contributed by atoms with Crippen molar-refractivity contribution in [1.29, 1.82) is 0 Å². The van der Waals surface area contributed by atoms with Crippen LogP contribution < -0.4 is 9.83 Å². The SMILES string of the molecule is O=C([O-])c1ccc(NS(=O)(=O)c2ccc3c4c(cccc24)C(=O)S3)cc1. The normalized spacial score (nSPS) is 13.2. The van der Waals surface area contributed by atoms with E-state index >= 15 is 0 Å². The maximum atomic E-state index is 12.8. The molecule has 1 aliphatic heterocycles. The number of anilines is 1. The van der Waals surface area contributed by atoms with E-state index in [2.05, 4.69) is 4.72 Å². The van der Waals surface area contributed by atoms with Gasteiger partial charge in [0.1, 0.15) is 0 Å². The number of carboxylic acids is 1. The van der Waals surface area contributed by atoms with Crippen molar-refractivity contribution in [3.63, 3.8) is 0 Å². The summed E-state index contributed by atoms with van der Waals surface area (Å²) < 4.78 is 28.1.